The molecule has 1 N–H and O–H groups in total. The first-order chi connectivity index (χ1) is 22.8. The molecule has 1 saturated heterocycles. The maximum atomic E-state index is 14.1. The van der Waals surface area contributed by atoms with Gasteiger partial charge in [0.1, 0.15) is 5.75 Å². The lowest BCUT2D eigenvalue weighted by Gasteiger charge is -2.35. The maximum Gasteiger partial charge on any atom is 0.401 e. The Morgan fingerprint density at radius 1 is 1.00 bits per heavy atom. The highest BCUT2D eigenvalue weighted by molar-refractivity contribution is 7.87. The number of ether oxygens (including phenoxy) is 1. The Hall–Kier alpha value is -3.88. The first-order valence-electron chi connectivity index (χ1n) is 16.1. The summed E-state index contributed by atoms with van der Waals surface area (Å²) in [5.41, 5.74) is 5.03. The molecule has 0 atom stereocenters. The molecule has 3 aromatic rings. The van der Waals surface area contributed by atoms with Crippen LogP contribution in [0.25, 0.3) is 28.2 Å². The van der Waals surface area contributed by atoms with Crippen molar-refractivity contribution in [3.8, 4) is 17.0 Å². The molecule has 48 heavy (non-hydrogen) atoms. The molecule has 2 fully saturated rings. The van der Waals surface area contributed by atoms with Crippen molar-refractivity contribution in [2.75, 3.05) is 53.9 Å². The van der Waals surface area contributed by atoms with Gasteiger partial charge in [0, 0.05) is 67.9 Å². The van der Waals surface area contributed by atoms with Gasteiger partial charge < -0.3 is 14.2 Å². The number of rotatable bonds is 7. The first kappa shape index (κ1) is 34.0. The summed E-state index contributed by atoms with van der Waals surface area (Å²) in [6, 6.07) is 10.9. The van der Waals surface area contributed by atoms with Crippen LogP contribution < -0.4 is 9.46 Å². The zero-order chi connectivity index (χ0) is 34.4. The molecule has 10 nitrogen and oxygen atoms in total. The van der Waals surface area contributed by atoms with E-state index in [1.807, 2.05) is 34.9 Å². The Bertz CT molecular complexity index is 1870. The fourth-order valence-electron chi connectivity index (χ4n) is 7.15. The number of nitrogens with one attached hydrogen (secondary N) is 1. The van der Waals surface area contributed by atoms with Crippen molar-refractivity contribution >= 4 is 39.0 Å². The van der Waals surface area contributed by atoms with Gasteiger partial charge in [-0.15, -0.1) is 0 Å². The molecule has 2 aromatic carbocycles. The predicted octanol–water partition coefficient (Wildman–Crippen LogP) is 5.00. The van der Waals surface area contributed by atoms with Gasteiger partial charge in [0.25, 0.3) is 11.8 Å². The Balaban J connectivity index is 1.47. The SMILES string of the molecule is COc1ccc2c(c1)C=C(C(=O)N1CCN(CC(F)(F)F)CC1)Cn1c-2c(C2CCCCC2)c2ccc(C(=O)NS(=O)(=O)N(C)C)cc21. The van der Waals surface area contributed by atoms with E-state index < -0.39 is 28.8 Å². The number of halogens is 3. The Labute approximate surface area is 278 Å². The molecule has 0 radical (unpaired) electrons. The van der Waals surface area contributed by atoms with Gasteiger partial charge in [0.05, 0.1) is 25.9 Å². The second-order valence-corrected chi connectivity index (χ2v) is 14.8. The first-order valence-corrected chi connectivity index (χ1v) is 17.6. The Morgan fingerprint density at radius 2 is 1.71 bits per heavy atom. The zero-order valence-electron chi connectivity index (χ0n) is 27.3. The maximum absolute atomic E-state index is 14.1. The summed E-state index contributed by atoms with van der Waals surface area (Å²) in [6.45, 7) is -0.317. The number of fused-ring (bicyclic) bond motifs is 5. The second-order valence-electron chi connectivity index (χ2n) is 12.9. The molecule has 0 spiro atoms. The molecule has 3 heterocycles. The Morgan fingerprint density at radius 3 is 2.35 bits per heavy atom. The van der Waals surface area contributed by atoms with Gasteiger partial charge in [-0.1, -0.05) is 25.3 Å². The molecule has 14 heteroatoms. The van der Waals surface area contributed by atoms with Crippen LogP contribution in [0.4, 0.5) is 13.2 Å². The molecule has 0 unspecified atom stereocenters. The average Bonchev–Trinajstić information content (AvgIpc) is 3.26. The standard InChI is InChI=1S/C34H40F3N5O5S/c1-39(2)48(45,46)38-32(43)23-9-11-28-29(19-23)42-20-25(33(44)41-15-13-40(14-16-41)21-34(35,36)37)17-24-18-26(47-3)10-12-27(24)31(42)30(28)22-7-5-4-6-8-22/h9-12,17-19,22H,4-8,13-16,20-21H2,1-3H3,(H,38,43). The number of aromatic nitrogens is 1. The largest absolute Gasteiger partial charge is 0.497 e. The van der Waals surface area contributed by atoms with E-state index >= 15 is 0 Å². The quantitative estimate of drug-likeness (QED) is 0.375. The summed E-state index contributed by atoms with van der Waals surface area (Å²) in [5, 5.41) is 0.931. The van der Waals surface area contributed by atoms with Crippen LogP contribution in [-0.2, 0) is 21.5 Å². The van der Waals surface area contributed by atoms with E-state index in [0.29, 0.717) is 16.8 Å². The highest BCUT2D eigenvalue weighted by atomic mass is 32.2. The Kier molecular flexibility index (Phi) is 9.35. The van der Waals surface area contributed by atoms with Gasteiger partial charge in [-0.25, -0.2) is 4.72 Å². The van der Waals surface area contributed by atoms with Crippen molar-refractivity contribution in [1.82, 2.24) is 23.4 Å². The third-order valence-corrected chi connectivity index (χ3v) is 11.0. The monoisotopic (exact) mass is 687 g/mol. The smallest absolute Gasteiger partial charge is 0.401 e. The highest BCUT2D eigenvalue weighted by Gasteiger charge is 2.35. The van der Waals surface area contributed by atoms with Crippen molar-refractivity contribution in [2.45, 2.75) is 50.7 Å². The number of amides is 2. The number of carbonyl (C=O) groups excluding carboxylic acids is 2. The second kappa shape index (κ2) is 13.2. The van der Waals surface area contributed by atoms with Gasteiger partial charge in [-0.2, -0.15) is 25.9 Å². The fourth-order valence-corrected chi connectivity index (χ4v) is 7.68. The minimum atomic E-state index is -4.31. The minimum absolute atomic E-state index is 0.112. The number of hydrogen-bond acceptors (Lipinski definition) is 6. The fraction of sp³-hybridized carbons (Fsp3) is 0.471. The number of carbonyl (C=O) groups is 2. The predicted molar refractivity (Wildman–Crippen MR) is 177 cm³/mol. The van der Waals surface area contributed by atoms with Gasteiger partial charge in [0.15, 0.2) is 0 Å². The minimum Gasteiger partial charge on any atom is -0.497 e. The van der Waals surface area contributed by atoms with Crippen LogP contribution in [0.15, 0.2) is 42.0 Å². The van der Waals surface area contributed by atoms with Gasteiger partial charge in [-0.05, 0) is 66.3 Å². The summed E-state index contributed by atoms with van der Waals surface area (Å²) in [5.74, 6) is -0.194. The molecule has 1 saturated carbocycles. The number of nitrogens with zero attached hydrogens (tertiary/aromatic N) is 4. The van der Waals surface area contributed by atoms with Crippen molar-refractivity contribution < 1.29 is 35.9 Å². The molecular formula is C34H40F3N5O5S. The summed E-state index contributed by atoms with van der Waals surface area (Å²) in [4.78, 5) is 30.3. The summed E-state index contributed by atoms with van der Waals surface area (Å²) >= 11 is 0. The highest BCUT2D eigenvalue weighted by Crippen LogP contribution is 2.47. The summed E-state index contributed by atoms with van der Waals surface area (Å²) < 4.78 is 74.7. The zero-order valence-corrected chi connectivity index (χ0v) is 28.1. The summed E-state index contributed by atoms with van der Waals surface area (Å²) in [6.07, 6.45) is 2.82. The van der Waals surface area contributed by atoms with Crippen molar-refractivity contribution in [2.24, 2.45) is 0 Å². The van der Waals surface area contributed by atoms with E-state index in [4.69, 9.17) is 4.74 Å². The van der Waals surface area contributed by atoms with E-state index in [0.717, 1.165) is 64.2 Å². The van der Waals surface area contributed by atoms with Gasteiger partial charge in [0.2, 0.25) is 0 Å². The van der Waals surface area contributed by atoms with Crippen LogP contribution in [0, 0.1) is 0 Å². The van der Waals surface area contributed by atoms with Crippen molar-refractivity contribution in [1.29, 1.82) is 0 Å². The molecule has 1 aromatic heterocycles. The lowest BCUT2D eigenvalue weighted by molar-refractivity contribution is -0.151. The number of hydrogen-bond donors (Lipinski definition) is 1. The van der Waals surface area contributed by atoms with Crippen LogP contribution in [0.5, 0.6) is 5.75 Å². The van der Waals surface area contributed by atoms with Crippen LogP contribution in [0.1, 0.15) is 59.5 Å². The number of piperazine rings is 1. The van der Waals surface area contributed by atoms with Crippen LogP contribution in [0.2, 0.25) is 0 Å². The van der Waals surface area contributed by atoms with Crippen LogP contribution in [0.3, 0.4) is 0 Å². The van der Waals surface area contributed by atoms with E-state index in [2.05, 4.69) is 4.72 Å². The molecule has 2 amide bonds. The van der Waals surface area contributed by atoms with Gasteiger partial charge >= 0.3 is 16.4 Å². The average molecular weight is 688 g/mol. The van der Waals surface area contributed by atoms with E-state index in [-0.39, 0.29) is 50.1 Å². The molecule has 3 aliphatic rings. The van der Waals surface area contributed by atoms with E-state index in [1.54, 1.807) is 24.1 Å². The summed E-state index contributed by atoms with van der Waals surface area (Å²) in [7, 11) is 0.193. The molecule has 1 aliphatic carbocycles. The normalized spacial score (nSPS) is 17.9. The third-order valence-electron chi connectivity index (χ3n) is 9.59. The number of alkyl halides is 3. The molecule has 6 rings (SSSR count). The number of methoxy groups -OCH3 is 1. The topological polar surface area (TPSA) is 104 Å². The molecule has 258 valence electrons. The van der Waals surface area contributed by atoms with Crippen molar-refractivity contribution in [3.05, 3.63) is 58.7 Å². The molecule has 0 bridgehead atoms. The van der Waals surface area contributed by atoms with E-state index in [9.17, 15) is 31.2 Å². The van der Waals surface area contributed by atoms with Crippen molar-refractivity contribution in [3.63, 3.8) is 0 Å². The third kappa shape index (κ3) is 6.83. The molecule has 2 aliphatic heterocycles. The lowest BCUT2D eigenvalue weighted by Crippen LogP contribution is -2.51. The lowest BCUT2D eigenvalue weighted by atomic mass is 9.81. The van der Waals surface area contributed by atoms with Crippen LogP contribution in [-0.4, -0.2) is 99.0 Å². The van der Waals surface area contributed by atoms with Crippen LogP contribution >= 0.6 is 0 Å². The van der Waals surface area contributed by atoms with E-state index in [1.165, 1.54) is 19.0 Å². The molecular weight excluding hydrogens is 647 g/mol. The van der Waals surface area contributed by atoms with Gasteiger partial charge in [-0.3, -0.25) is 14.5 Å². The number of benzene rings is 2.